The van der Waals surface area contributed by atoms with Crippen LogP contribution in [0.4, 0.5) is 19.0 Å². The molecule has 1 aromatic rings. The van der Waals surface area contributed by atoms with Crippen LogP contribution in [0.2, 0.25) is 0 Å². The number of pyridine rings is 1. The van der Waals surface area contributed by atoms with Crippen molar-refractivity contribution in [3.63, 3.8) is 0 Å². The highest BCUT2D eigenvalue weighted by Crippen LogP contribution is 2.42. The van der Waals surface area contributed by atoms with E-state index >= 15 is 0 Å². The third-order valence-corrected chi connectivity index (χ3v) is 6.26. The molecule has 5 nitrogen and oxygen atoms in total. The lowest BCUT2D eigenvalue weighted by molar-refractivity contribution is -0.137. The standard InChI is InChI=1S/C20H29F3N4O/c1-12(2)8-17(19(24)28)26(3)16-6-4-13-10-27(11-15(13)16)18-7-5-14(9-25-18)20(21,22)23/h5,7,9,12-13,15-17H,4,6,8,10-11H2,1-3H3,(H2,24,28)/t13-,15?,16?,17-/m0/s1. The monoisotopic (exact) mass is 398 g/mol. The smallest absolute Gasteiger partial charge is 0.368 e. The maximum atomic E-state index is 12.8. The quantitative estimate of drug-likeness (QED) is 0.800. The summed E-state index contributed by atoms with van der Waals surface area (Å²) in [6.07, 6.45) is -0.685. The molecule has 2 fully saturated rings. The molecule has 2 aliphatic rings. The molecule has 1 amide bonds. The molecule has 2 unspecified atom stereocenters. The topological polar surface area (TPSA) is 62.5 Å². The zero-order chi connectivity index (χ0) is 20.6. The van der Waals surface area contributed by atoms with E-state index in [1.807, 2.05) is 7.05 Å². The molecule has 3 rings (SSSR count). The molecule has 0 spiro atoms. The predicted octanol–water partition coefficient (Wildman–Crippen LogP) is 3.15. The van der Waals surface area contributed by atoms with Gasteiger partial charge in [0.2, 0.25) is 5.91 Å². The summed E-state index contributed by atoms with van der Waals surface area (Å²) in [6, 6.07) is 2.50. The number of amides is 1. The van der Waals surface area contributed by atoms with Crippen molar-refractivity contribution >= 4 is 11.7 Å². The summed E-state index contributed by atoms with van der Waals surface area (Å²) in [7, 11) is 1.98. The van der Waals surface area contributed by atoms with Gasteiger partial charge in [-0.3, -0.25) is 9.69 Å². The number of hydrogen-bond donors (Lipinski definition) is 1. The first-order valence-corrected chi connectivity index (χ1v) is 9.87. The zero-order valence-corrected chi connectivity index (χ0v) is 16.6. The fourth-order valence-electron chi connectivity index (χ4n) is 4.83. The molecule has 28 heavy (non-hydrogen) atoms. The number of carbonyl (C=O) groups excluding carboxylic acids is 1. The van der Waals surface area contributed by atoms with E-state index in [4.69, 9.17) is 5.73 Å². The lowest BCUT2D eigenvalue weighted by atomic mass is 9.94. The van der Waals surface area contributed by atoms with Gasteiger partial charge in [-0.15, -0.1) is 0 Å². The highest BCUT2D eigenvalue weighted by molar-refractivity contribution is 5.79. The van der Waals surface area contributed by atoms with E-state index in [0.717, 1.165) is 44.6 Å². The zero-order valence-electron chi connectivity index (χ0n) is 16.6. The number of halogens is 3. The second-order valence-corrected chi connectivity index (χ2v) is 8.59. The second kappa shape index (κ2) is 7.89. The van der Waals surface area contributed by atoms with Crippen LogP contribution in [0.3, 0.4) is 0 Å². The van der Waals surface area contributed by atoms with Crippen molar-refractivity contribution in [1.82, 2.24) is 9.88 Å². The Kier molecular flexibility index (Phi) is 5.89. The van der Waals surface area contributed by atoms with Crippen molar-refractivity contribution in [2.24, 2.45) is 23.5 Å². The third kappa shape index (κ3) is 4.26. The van der Waals surface area contributed by atoms with E-state index in [-0.39, 0.29) is 18.0 Å². The van der Waals surface area contributed by atoms with Gasteiger partial charge in [-0.25, -0.2) is 4.98 Å². The Hall–Kier alpha value is -1.83. The van der Waals surface area contributed by atoms with Crippen LogP contribution in [0, 0.1) is 17.8 Å². The van der Waals surface area contributed by atoms with Gasteiger partial charge in [-0.2, -0.15) is 13.2 Å². The van der Waals surface area contributed by atoms with E-state index < -0.39 is 11.7 Å². The van der Waals surface area contributed by atoms with Crippen molar-refractivity contribution in [3.05, 3.63) is 23.9 Å². The summed E-state index contributed by atoms with van der Waals surface area (Å²) in [6.45, 7) is 5.69. The average Bonchev–Trinajstić information content (AvgIpc) is 3.18. The molecule has 0 bridgehead atoms. The molecule has 1 saturated carbocycles. The summed E-state index contributed by atoms with van der Waals surface area (Å²) < 4.78 is 38.3. The molecule has 0 aromatic carbocycles. The van der Waals surface area contributed by atoms with Gasteiger partial charge in [0.1, 0.15) is 5.82 Å². The molecule has 156 valence electrons. The second-order valence-electron chi connectivity index (χ2n) is 8.59. The van der Waals surface area contributed by atoms with Gasteiger partial charge in [0, 0.05) is 25.3 Å². The normalized spacial score (nSPS) is 26.1. The fourth-order valence-corrected chi connectivity index (χ4v) is 4.83. The first-order valence-electron chi connectivity index (χ1n) is 9.87. The lowest BCUT2D eigenvalue weighted by Crippen LogP contribution is -2.50. The van der Waals surface area contributed by atoms with Crippen molar-refractivity contribution in [1.29, 1.82) is 0 Å². The molecular formula is C20H29F3N4O. The molecule has 1 aromatic heterocycles. The molecule has 1 saturated heterocycles. The van der Waals surface area contributed by atoms with Crippen molar-refractivity contribution in [2.75, 3.05) is 25.0 Å². The van der Waals surface area contributed by atoms with E-state index in [1.165, 1.54) is 6.07 Å². The van der Waals surface area contributed by atoms with Crippen LogP contribution in [0.15, 0.2) is 18.3 Å². The number of alkyl halides is 3. The first kappa shape index (κ1) is 20.9. The predicted molar refractivity (Wildman–Crippen MR) is 102 cm³/mol. The third-order valence-electron chi connectivity index (χ3n) is 6.26. The number of nitrogens with zero attached hydrogens (tertiary/aromatic N) is 3. The maximum absolute atomic E-state index is 12.8. The summed E-state index contributed by atoms with van der Waals surface area (Å²) in [5.41, 5.74) is 4.94. The molecule has 1 aliphatic carbocycles. The summed E-state index contributed by atoms with van der Waals surface area (Å²) in [5, 5.41) is 0. The summed E-state index contributed by atoms with van der Waals surface area (Å²) in [4.78, 5) is 20.2. The van der Waals surface area contributed by atoms with Crippen LogP contribution in [0.1, 0.15) is 38.7 Å². The van der Waals surface area contributed by atoms with Crippen molar-refractivity contribution in [2.45, 2.75) is 51.4 Å². The van der Waals surface area contributed by atoms with Gasteiger partial charge in [0.05, 0.1) is 11.6 Å². The number of likely N-dealkylation sites (N-methyl/N-ethyl adjacent to an activating group) is 1. The Labute approximate surface area is 164 Å². The molecule has 4 atom stereocenters. The summed E-state index contributed by atoms with van der Waals surface area (Å²) in [5.74, 6) is 1.48. The maximum Gasteiger partial charge on any atom is 0.417 e. The van der Waals surface area contributed by atoms with Gasteiger partial charge in [0.25, 0.3) is 0 Å². The van der Waals surface area contributed by atoms with Gasteiger partial charge in [-0.05, 0) is 56.2 Å². The van der Waals surface area contributed by atoms with Gasteiger partial charge < -0.3 is 10.6 Å². The van der Waals surface area contributed by atoms with E-state index in [2.05, 4.69) is 28.6 Å². The van der Waals surface area contributed by atoms with Crippen molar-refractivity contribution in [3.8, 4) is 0 Å². The van der Waals surface area contributed by atoms with Crippen LogP contribution in [-0.2, 0) is 11.0 Å². The minimum absolute atomic E-state index is 0.251. The number of nitrogens with two attached hydrogens (primary N) is 1. The average molecular weight is 398 g/mol. The first-order chi connectivity index (χ1) is 13.1. The Morgan fingerprint density at radius 2 is 2.04 bits per heavy atom. The van der Waals surface area contributed by atoms with Gasteiger partial charge in [-0.1, -0.05) is 13.8 Å². The Morgan fingerprint density at radius 3 is 2.57 bits per heavy atom. The van der Waals surface area contributed by atoms with Crippen LogP contribution in [0.25, 0.3) is 0 Å². The number of aromatic nitrogens is 1. The highest BCUT2D eigenvalue weighted by atomic mass is 19.4. The van der Waals surface area contributed by atoms with E-state index in [0.29, 0.717) is 23.6 Å². The summed E-state index contributed by atoms with van der Waals surface area (Å²) >= 11 is 0. The minimum atomic E-state index is -4.37. The van der Waals surface area contributed by atoms with Crippen LogP contribution < -0.4 is 10.6 Å². The van der Waals surface area contributed by atoms with Gasteiger partial charge in [0.15, 0.2) is 0 Å². The Bertz CT molecular complexity index is 692. The van der Waals surface area contributed by atoms with E-state index in [9.17, 15) is 18.0 Å². The van der Waals surface area contributed by atoms with E-state index in [1.54, 1.807) is 0 Å². The fraction of sp³-hybridized carbons (Fsp3) is 0.700. The lowest BCUT2D eigenvalue weighted by Gasteiger charge is -2.35. The number of carbonyl (C=O) groups is 1. The Balaban J connectivity index is 1.70. The molecular weight excluding hydrogens is 369 g/mol. The minimum Gasteiger partial charge on any atom is -0.368 e. The van der Waals surface area contributed by atoms with Crippen LogP contribution >= 0.6 is 0 Å². The molecule has 1 aliphatic heterocycles. The van der Waals surface area contributed by atoms with Crippen LogP contribution in [0.5, 0.6) is 0 Å². The van der Waals surface area contributed by atoms with Crippen LogP contribution in [-0.4, -0.2) is 48.0 Å². The number of anilines is 1. The largest absolute Gasteiger partial charge is 0.417 e. The number of primary amides is 1. The SMILES string of the molecule is CC(C)C[C@@H](C(N)=O)N(C)C1CC[C@H]2CN(c3ccc(C(F)(F)F)cn3)CC12. The molecule has 8 heteroatoms. The van der Waals surface area contributed by atoms with Gasteiger partial charge >= 0.3 is 6.18 Å². The molecule has 2 heterocycles. The molecule has 2 N–H and O–H groups in total. The highest BCUT2D eigenvalue weighted by Gasteiger charge is 2.46. The number of rotatable bonds is 6. The Morgan fingerprint density at radius 1 is 1.32 bits per heavy atom. The van der Waals surface area contributed by atoms with Crippen molar-refractivity contribution < 1.29 is 18.0 Å². The number of fused-ring (bicyclic) bond motifs is 1. The molecule has 0 radical (unpaired) electrons. The number of hydrogen-bond acceptors (Lipinski definition) is 4.